The van der Waals surface area contributed by atoms with Gasteiger partial charge < -0.3 is 10.2 Å². The minimum absolute atomic E-state index is 0.150. The summed E-state index contributed by atoms with van der Waals surface area (Å²) in [5.74, 6) is -1.68. The Hall–Kier alpha value is -3.43. The molecule has 0 unspecified atom stereocenters. The molecule has 2 amide bonds. The fraction of sp³-hybridized carbons (Fsp3) is 0.231. The van der Waals surface area contributed by atoms with Crippen LogP contribution in [0.15, 0.2) is 78.9 Å². The molecule has 1 atom stereocenters. The second-order valence-electron chi connectivity index (χ2n) is 8.18. The van der Waals surface area contributed by atoms with Gasteiger partial charge in [0.05, 0.1) is 11.9 Å². The smallest absolute Gasteiger partial charge is 0.244 e. The van der Waals surface area contributed by atoms with Crippen molar-refractivity contribution in [1.29, 1.82) is 0 Å². The Kier molecular flexibility index (Phi) is 9.06. The normalized spacial score (nSPS) is 12.0. The zero-order valence-corrected chi connectivity index (χ0v) is 21.5. The van der Waals surface area contributed by atoms with Crippen LogP contribution in [0.4, 0.5) is 10.1 Å². The van der Waals surface area contributed by atoms with E-state index in [0.717, 1.165) is 16.1 Å². The minimum Gasteiger partial charge on any atom is -0.357 e. The van der Waals surface area contributed by atoms with Crippen LogP contribution in [0.2, 0.25) is 5.02 Å². The van der Waals surface area contributed by atoms with Crippen LogP contribution in [0.1, 0.15) is 11.1 Å². The summed E-state index contributed by atoms with van der Waals surface area (Å²) < 4.78 is 40.8. The number of carbonyl (C=O) groups excluding carboxylic acids is 2. The quantitative estimate of drug-likeness (QED) is 0.433. The van der Waals surface area contributed by atoms with Gasteiger partial charge in [-0.15, -0.1) is 0 Å². The highest BCUT2D eigenvalue weighted by Crippen LogP contribution is 2.23. The summed E-state index contributed by atoms with van der Waals surface area (Å²) in [4.78, 5) is 27.9. The predicted octanol–water partition coefficient (Wildman–Crippen LogP) is 3.63. The van der Waals surface area contributed by atoms with E-state index >= 15 is 0 Å². The number of amides is 2. The van der Waals surface area contributed by atoms with Crippen LogP contribution in [0.25, 0.3) is 0 Å². The molecule has 0 bridgehead atoms. The summed E-state index contributed by atoms with van der Waals surface area (Å²) in [5, 5.41) is 2.86. The largest absolute Gasteiger partial charge is 0.357 e. The Labute approximate surface area is 215 Å². The first-order chi connectivity index (χ1) is 17.1. The molecule has 10 heteroatoms. The van der Waals surface area contributed by atoms with Crippen molar-refractivity contribution in [3.63, 3.8) is 0 Å². The number of nitrogens with one attached hydrogen (secondary N) is 1. The minimum atomic E-state index is -3.90. The lowest BCUT2D eigenvalue weighted by Gasteiger charge is -2.33. The maximum absolute atomic E-state index is 14.6. The molecule has 1 N–H and O–H groups in total. The number of hydrogen-bond acceptors (Lipinski definition) is 4. The summed E-state index contributed by atoms with van der Waals surface area (Å²) in [6.07, 6.45) is 1.12. The van der Waals surface area contributed by atoms with E-state index < -0.39 is 40.2 Å². The molecule has 3 aromatic rings. The van der Waals surface area contributed by atoms with Gasteiger partial charge in [0, 0.05) is 30.6 Å². The highest BCUT2D eigenvalue weighted by atomic mass is 35.5. The molecule has 0 aliphatic rings. The van der Waals surface area contributed by atoms with Gasteiger partial charge in [0.1, 0.15) is 18.4 Å². The van der Waals surface area contributed by atoms with Gasteiger partial charge in [0.25, 0.3) is 0 Å². The van der Waals surface area contributed by atoms with Crippen molar-refractivity contribution >= 4 is 39.1 Å². The fourth-order valence-corrected chi connectivity index (χ4v) is 4.80. The first-order valence-electron chi connectivity index (χ1n) is 11.1. The van der Waals surface area contributed by atoms with E-state index in [1.54, 1.807) is 18.2 Å². The molecule has 7 nitrogen and oxygen atoms in total. The molecular formula is C26H27ClFN3O4S. The van der Waals surface area contributed by atoms with Crippen LogP contribution < -0.4 is 9.62 Å². The molecule has 0 heterocycles. The van der Waals surface area contributed by atoms with E-state index in [0.29, 0.717) is 5.02 Å². The second-order valence-corrected chi connectivity index (χ2v) is 10.5. The lowest BCUT2D eigenvalue weighted by molar-refractivity contribution is -0.139. The van der Waals surface area contributed by atoms with Crippen LogP contribution in [0, 0.1) is 5.82 Å². The lowest BCUT2D eigenvalue weighted by atomic mass is 10.0. The Morgan fingerprint density at radius 3 is 2.28 bits per heavy atom. The highest BCUT2D eigenvalue weighted by Gasteiger charge is 2.33. The number of anilines is 1. The van der Waals surface area contributed by atoms with Gasteiger partial charge in [-0.25, -0.2) is 12.8 Å². The van der Waals surface area contributed by atoms with Crippen molar-refractivity contribution in [3.05, 3.63) is 101 Å². The van der Waals surface area contributed by atoms with Gasteiger partial charge >= 0.3 is 0 Å². The third-order valence-corrected chi connectivity index (χ3v) is 6.97. The SMILES string of the molecule is CNC(=O)[C@@H](Cc1ccccc1)N(Cc1ccccc1F)C(=O)CN(c1cccc(Cl)c1)S(C)(=O)=O. The van der Waals surface area contributed by atoms with E-state index in [1.807, 2.05) is 30.3 Å². The van der Waals surface area contributed by atoms with Crippen LogP contribution in [-0.4, -0.2) is 51.0 Å². The molecule has 36 heavy (non-hydrogen) atoms. The van der Waals surface area contributed by atoms with Crippen molar-refractivity contribution in [2.24, 2.45) is 0 Å². The zero-order chi connectivity index (χ0) is 26.3. The number of halogens is 2. The van der Waals surface area contributed by atoms with Crippen LogP contribution >= 0.6 is 11.6 Å². The number of rotatable bonds is 10. The first-order valence-corrected chi connectivity index (χ1v) is 13.3. The lowest BCUT2D eigenvalue weighted by Crippen LogP contribution is -2.53. The van der Waals surface area contributed by atoms with Gasteiger partial charge in [-0.05, 0) is 29.8 Å². The van der Waals surface area contributed by atoms with Gasteiger partial charge in [-0.1, -0.05) is 66.2 Å². The maximum atomic E-state index is 14.6. The van der Waals surface area contributed by atoms with Crippen molar-refractivity contribution in [2.75, 3.05) is 24.2 Å². The number of sulfonamides is 1. The van der Waals surface area contributed by atoms with Gasteiger partial charge in [0.15, 0.2) is 0 Å². The van der Waals surface area contributed by atoms with E-state index in [1.165, 1.54) is 42.3 Å². The van der Waals surface area contributed by atoms with Crippen LogP contribution in [0.5, 0.6) is 0 Å². The number of carbonyl (C=O) groups is 2. The topological polar surface area (TPSA) is 86.8 Å². The molecule has 3 rings (SSSR count). The van der Waals surface area contributed by atoms with Crippen molar-refractivity contribution in [3.8, 4) is 0 Å². The Bertz CT molecular complexity index is 1320. The second kappa shape index (κ2) is 12.0. The predicted molar refractivity (Wildman–Crippen MR) is 139 cm³/mol. The van der Waals surface area contributed by atoms with Crippen molar-refractivity contribution in [1.82, 2.24) is 10.2 Å². The first kappa shape index (κ1) is 27.2. The third kappa shape index (κ3) is 7.05. The Balaban J connectivity index is 2.04. The molecule has 0 aromatic heterocycles. The third-order valence-electron chi connectivity index (χ3n) is 5.59. The van der Waals surface area contributed by atoms with E-state index in [9.17, 15) is 22.4 Å². The highest BCUT2D eigenvalue weighted by molar-refractivity contribution is 7.92. The molecular weight excluding hydrogens is 505 g/mol. The number of nitrogens with zero attached hydrogens (tertiary/aromatic N) is 2. The zero-order valence-electron chi connectivity index (χ0n) is 19.9. The average molecular weight is 532 g/mol. The summed E-state index contributed by atoms with van der Waals surface area (Å²) in [7, 11) is -2.46. The molecule has 0 fully saturated rings. The van der Waals surface area contributed by atoms with Crippen LogP contribution in [0.3, 0.4) is 0 Å². The summed E-state index contributed by atoms with van der Waals surface area (Å²) in [6, 6.07) is 20.1. The molecule has 3 aromatic carbocycles. The Morgan fingerprint density at radius 2 is 1.67 bits per heavy atom. The number of hydrogen-bond donors (Lipinski definition) is 1. The van der Waals surface area contributed by atoms with Gasteiger partial charge in [-0.3, -0.25) is 13.9 Å². The summed E-state index contributed by atoms with van der Waals surface area (Å²) in [5.41, 5.74) is 1.18. The van der Waals surface area contributed by atoms with E-state index in [-0.39, 0.29) is 24.2 Å². The molecule has 0 spiro atoms. The maximum Gasteiger partial charge on any atom is 0.244 e. The van der Waals surface area contributed by atoms with E-state index in [2.05, 4.69) is 5.32 Å². The Morgan fingerprint density at radius 1 is 1.00 bits per heavy atom. The molecule has 190 valence electrons. The number of benzene rings is 3. The van der Waals surface area contributed by atoms with Gasteiger partial charge in [0.2, 0.25) is 21.8 Å². The summed E-state index contributed by atoms with van der Waals surface area (Å²) in [6.45, 7) is -0.834. The monoisotopic (exact) mass is 531 g/mol. The van der Waals surface area contributed by atoms with Crippen molar-refractivity contribution < 1.29 is 22.4 Å². The molecule has 0 aliphatic heterocycles. The van der Waals surface area contributed by atoms with Crippen LogP contribution in [-0.2, 0) is 32.6 Å². The molecule has 0 saturated heterocycles. The molecule has 0 saturated carbocycles. The molecule has 0 aliphatic carbocycles. The van der Waals surface area contributed by atoms with Crippen molar-refractivity contribution in [2.45, 2.75) is 19.0 Å². The molecule has 0 radical (unpaired) electrons. The standard InChI is InChI=1S/C26H27ClFN3O4S/c1-29-26(33)24(15-19-9-4-3-5-10-19)30(17-20-11-6-7-14-23(20)28)25(32)18-31(36(2,34)35)22-13-8-12-21(27)16-22/h3-14,16,24H,15,17-18H2,1-2H3,(H,29,33)/t24-/m1/s1. The van der Waals surface area contributed by atoms with E-state index in [4.69, 9.17) is 11.6 Å². The average Bonchev–Trinajstić information content (AvgIpc) is 2.85. The number of likely N-dealkylation sites (N-methyl/N-ethyl adjacent to an activating group) is 1. The van der Waals surface area contributed by atoms with Gasteiger partial charge in [-0.2, -0.15) is 0 Å². The fourth-order valence-electron chi connectivity index (χ4n) is 3.78. The summed E-state index contributed by atoms with van der Waals surface area (Å²) >= 11 is 6.05.